The van der Waals surface area contributed by atoms with Gasteiger partial charge in [-0.05, 0) is 35.9 Å². The zero-order valence-electron chi connectivity index (χ0n) is 11.7. The maximum atomic E-state index is 12.2. The fourth-order valence-corrected chi connectivity index (χ4v) is 2.23. The van der Waals surface area contributed by atoms with Crippen molar-refractivity contribution >= 4 is 5.91 Å². The molecule has 0 saturated carbocycles. The molecule has 0 fully saturated rings. The van der Waals surface area contributed by atoms with Crippen LogP contribution < -0.4 is 0 Å². The van der Waals surface area contributed by atoms with Crippen LogP contribution in [0.15, 0.2) is 61.1 Å². The van der Waals surface area contributed by atoms with E-state index in [9.17, 15) is 4.79 Å². The molecule has 0 bridgehead atoms. The number of hydrogen-bond donors (Lipinski definition) is 1. The van der Waals surface area contributed by atoms with E-state index in [2.05, 4.69) is 10.1 Å². The van der Waals surface area contributed by atoms with Gasteiger partial charge in [-0.1, -0.05) is 12.1 Å². The number of carbonyl (C=O) groups is 1. The average Bonchev–Trinajstić information content (AvgIpc) is 3.20. The van der Waals surface area contributed by atoms with Gasteiger partial charge in [-0.15, -0.1) is 0 Å². The van der Waals surface area contributed by atoms with Gasteiger partial charge in [-0.2, -0.15) is 5.10 Å². The molecule has 1 N–H and O–H groups in total. The first-order valence-corrected chi connectivity index (χ1v) is 6.72. The van der Waals surface area contributed by atoms with E-state index in [0.29, 0.717) is 12.2 Å². The molecule has 0 radical (unpaired) electrons. The van der Waals surface area contributed by atoms with E-state index in [-0.39, 0.29) is 5.91 Å². The maximum absolute atomic E-state index is 12.2. The first-order chi connectivity index (χ1) is 10.2. The number of benzene rings is 1. The molecule has 5 nitrogen and oxygen atoms in total. The summed E-state index contributed by atoms with van der Waals surface area (Å²) in [6, 6.07) is 13.5. The summed E-state index contributed by atoms with van der Waals surface area (Å²) in [6.45, 7) is 0.549. The molecule has 0 atom stereocenters. The summed E-state index contributed by atoms with van der Waals surface area (Å²) in [7, 11) is 1.80. The monoisotopic (exact) mass is 280 g/mol. The SMILES string of the molecule is CN(Cc1cccc(-n2cccn2)c1)C(=O)c1ccc[nH]1. The molecule has 0 saturated heterocycles. The number of nitrogens with zero attached hydrogens (tertiary/aromatic N) is 3. The maximum Gasteiger partial charge on any atom is 0.270 e. The first-order valence-electron chi connectivity index (χ1n) is 6.72. The summed E-state index contributed by atoms with van der Waals surface area (Å²) in [5.74, 6) is -0.0236. The number of H-pyrrole nitrogens is 1. The Balaban J connectivity index is 1.76. The molecule has 0 aliphatic carbocycles. The van der Waals surface area contributed by atoms with Gasteiger partial charge in [0.2, 0.25) is 0 Å². The number of nitrogens with one attached hydrogen (secondary N) is 1. The van der Waals surface area contributed by atoms with Crippen molar-refractivity contribution < 1.29 is 4.79 Å². The van der Waals surface area contributed by atoms with Gasteiger partial charge in [-0.25, -0.2) is 4.68 Å². The lowest BCUT2D eigenvalue weighted by molar-refractivity contribution is 0.0780. The lowest BCUT2D eigenvalue weighted by Crippen LogP contribution is -2.26. The van der Waals surface area contributed by atoms with Crippen molar-refractivity contribution in [1.29, 1.82) is 0 Å². The molecule has 5 heteroatoms. The third-order valence-electron chi connectivity index (χ3n) is 3.27. The minimum Gasteiger partial charge on any atom is -0.357 e. The predicted molar refractivity (Wildman–Crippen MR) is 80.2 cm³/mol. The van der Waals surface area contributed by atoms with E-state index in [1.54, 1.807) is 35.1 Å². The van der Waals surface area contributed by atoms with E-state index in [0.717, 1.165) is 11.3 Å². The van der Waals surface area contributed by atoms with Crippen LogP contribution in [0.4, 0.5) is 0 Å². The van der Waals surface area contributed by atoms with Crippen LogP contribution in [-0.2, 0) is 6.54 Å². The molecule has 0 aliphatic rings. The Hall–Kier alpha value is -2.82. The van der Waals surface area contributed by atoms with Crippen LogP contribution in [0.1, 0.15) is 16.1 Å². The summed E-state index contributed by atoms with van der Waals surface area (Å²) in [4.78, 5) is 16.8. The molecule has 3 aromatic rings. The van der Waals surface area contributed by atoms with Crippen LogP contribution >= 0.6 is 0 Å². The van der Waals surface area contributed by atoms with Gasteiger partial charge in [0.1, 0.15) is 5.69 Å². The lowest BCUT2D eigenvalue weighted by atomic mass is 10.2. The number of rotatable bonds is 4. The molecule has 106 valence electrons. The van der Waals surface area contributed by atoms with Gasteiger partial charge in [0.05, 0.1) is 5.69 Å². The standard InChI is InChI=1S/C16H16N4O/c1-19(16(21)15-7-3-8-17-15)12-13-5-2-6-14(11-13)20-10-4-9-18-20/h2-11,17H,12H2,1H3. The van der Waals surface area contributed by atoms with Crippen LogP contribution in [0, 0.1) is 0 Å². The quantitative estimate of drug-likeness (QED) is 0.798. The van der Waals surface area contributed by atoms with Gasteiger partial charge in [-0.3, -0.25) is 4.79 Å². The molecule has 1 aromatic carbocycles. The van der Waals surface area contributed by atoms with Crippen molar-refractivity contribution in [3.05, 3.63) is 72.3 Å². The first kappa shape index (κ1) is 13.2. The second-order valence-electron chi connectivity index (χ2n) is 4.87. The average molecular weight is 280 g/mol. The normalized spacial score (nSPS) is 10.5. The predicted octanol–water partition coefficient (Wildman–Crippen LogP) is 2.47. The van der Waals surface area contributed by atoms with Crippen LogP contribution in [0.3, 0.4) is 0 Å². The number of hydrogen-bond acceptors (Lipinski definition) is 2. The Labute approximate surface area is 122 Å². The molecular weight excluding hydrogens is 264 g/mol. The molecule has 2 heterocycles. The summed E-state index contributed by atoms with van der Waals surface area (Å²) in [5, 5.41) is 4.21. The molecule has 21 heavy (non-hydrogen) atoms. The highest BCUT2D eigenvalue weighted by Gasteiger charge is 2.12. The van der Waals surface area contributed by atoms with Crippen molar-refractivity contribution in [2.75, 3.05) is 7.05 Å². The van der Waals surface area contributed by atoms with Crippen molar-refractivity contribution in [3.63, 3.8) is 0 Å². The summed E-state index contributed by atoms with van der Waals surface area (Å²) >= 11 is 0. The minimum atomic E-state index is -0.0236. The van der Waals surface area contributed by atoms with Crippen molar-refractivity contribution in [2.24, 2.45) is 0 Å². The Morgan fingerprint density at radius 2 is 2.19 bits per heavy atom. The van der Waals surface area contributed by atoms with Gasteiger partial charge in [0.25, 0.3) is 5.91 Å². The molecular formula is C16H16N4O. The summed E-state index contributed by atoms with van der Waals surface area (Å²) < 4.78 is 1.80. The molecule has 1 amide bonds. The van der Waals surface area contributed by atoms with Crippen molar-refractivity contribution in [1.82, 2.24) is 19.7 Å². The topological polar surface area (TPSA) is 53.9 Å². The molecule has 2 aromatic heterocycles. The Morgan fingerprint density at radius 3 is 2.90 bits per heavy atom. The van der Waals surface area contributed by atoms with E-state index < -0.39 is 0 Å². The number of aromatic amines is 1. The van der Waals surface area contributed by atoms with Crippen molar-refractivity contribution in [2.45, 2.75) is 6.54 Å². The Kier molecular flexibility index (Phi) is 3.55. The van der Waals surface area contributed by atoms with E-state index >= 15 is 0 Å². The van der Waals surface area contributed by atoms with E-state index in [1.807, 2.05) is 42.6 Å². The third kappa shape index (κ3) is 2.86. The van der Waals surface area contributed by atoms with E-state index in [1.165, 1.54) is 0 Å². The highest BCUT2D eigenvalue weighted by Crippen LogP contribution is 2.12. The fraction of sp³-hybridized carbons (Fsp3) is 0.125. The number of carbonyl (C=O) groups excluding carboxylic acids is 1. The van der Waals surface area contributed by atoms with Crippen LogP contribution in [0.25, 0.3) is 5.69 Å². The van der Waals surface area contributed by atoms with Gasteiger partial charge in [0.15, 0.2) is 0 Å². The molecule has 0 aliphatic heterocycles. The second kappa shape index (κ2) is 5.66. The zero-order chi connectivity index (χ0) is 14.7. The van der Waals surface area contributed by atoms with Crippen LogP contribution in [0.2, 0.25) is 0 Å². The summed E-state index contributed by atoms with van der Waals surface area (Å²) in [5.41, 5.74) is 2.64. The Bertz CT molecular complexity index is 717. The molecule has 0 unspecified atom stereocenters. The van der Waals surface area contributed by atoms with Gasteiger partial charge < -0.3 is 9.88 Å². The minimum absolute atomic E-state index is 0.0236. The van der Waals surface area contributed by atoms with Crippen LogP contribution in [-0.4, -0.2) is 32.6 Å². The highest BCUT2D eigenvalue weighted by atomic mass is 16.2. The van der Waals surface area contributed by atoms with Crippen molar-refractivity contribution in [3.8, 4) is 5.69 Å². The molecule has 3 rings (SSSR count). The number of aromatic nitrogens is 3. The van der Waals surface area contributed by atoms with Gasteiger partial charge in [0, 0.05) is 32.2 Å². The Morgan fingerprint density at radius 1 is 1.29 bits per heavy atom. The number of amides is 1. The third-order valence-corrected chi connectivity index (χ3v) is 3.27. The highest BCUT2D eigenvalue weighted by molar-refractivity contribution is 5.92. The van der Waals surface area contributed by atoms with Crippen LogP contribution in [0.5, 0.6) is 0 Å². The fourth-order valence-electron chi connectivity index (χ4n) is 2.23. The smallest absolute Gasteiger partial charge is 0.270 e. The lowest BCUT2D eigenvalue weighted by Gasteiger charge is -2.17. The summed E-state index contributed by atoms with van der Waals surface area (Å²) in [6.07, 6.45) is 5.39. The van der Waals surface area contributed by atoms with Gasteiger partial charge >= 0.3 is 0 Å². The zero-order valence-corrected chi connectivity index (χ0v) is 11.7. The molecule has 0 spiro atoms. The largest absolute Gasteiger partial charge is 0.357 e. The second-order valence-corrected chi connectivity index (χ2v) is 4.87. The van der Waals surface area contributed by atoms with E-state index in [4.69, 9.17) is 0 Å².